The molecule has 2 heterocycles. The maximum absolute atomic E-state index is 12.5. The molecule has 0 aliphatic carbocycles. The molecule has 2 aromatic carbocycles. The van der Waals surface area contributed by atoms with Crippen LogP contribution < -0.4 is 15.0 Å². The number of carbonyl (C=O) groups is 2. The molecule has 3 aromatic rings. The van der Waals surface area contributed by atoms with Crippen molar-refractivity contribution in [1.82, 2.24) is 4.98 Å². The van der Waals surface area contributed by atoms with Crippen LogP contribution in [0.2, 0.25) is 5.02 Å². The molecule has 0 spiro atoms. The van der Waals surface area contributed by atoms with E-state index in [-0.39, 0.29) is 25.0 Å². The first kappa shape index (κ1) is 18.5. The van der Waals surface area contributed by atoms with E-state index in [1.165, 1.54) is 4.90 Å². The Morgan fingerprint density at radius 2 is 2.18 bits per heavy atom. The van der Waals surface area contributed by atoms with Crippen LogP contribution in [0.5, 0.6) is 5.75 Å². The number of nitrogens with one attached hydrogen (secondary N) is 1. The number of hydrogen-bond donors (Lipinski definition) is 1. The number of nitrogens with zero attached hydrogens (tertiary/aromatic N) is 2. The van der Waals surface area contributed by atoms with Gasteiger partial charge in [-0.15, -0.1) is 11.3 Å². The van der Waals surface area contributed by atoms with Crippen LogP contribution in [-0.4, -0.2) is 29.9 Å². The highest BCUT2D eigenvalue weighted by atomic mass is 35.5. The smallest absolute Gasteiger partial charge is 0.265 e. The van der Waals surface area contributed by atoms with Crippen molar-refractivity contribution >= 4 is 46.1 Å². The van der Waals surface area contributed by atoms with Crippen LogP contribution in [0.15, 0.2) is 47.8 Å². The predicted molar refractivity (Wildman–Crippen MR) is 110 cm³/mol. The number of aryl methyl sites for hydroxylation is 1. The van der Waals surface area contributed by atoms with Crippen LogP contribution in [0, 0.1) is 6.92 Å². The van der Waals surface area contributed by atoms with E-state index in [0.717, 1.165) is 16.3 Å². The number of amides is 2. The molecular weight excluding hydrogens is 398 g/mol. The number of aromatic nitrogens is 1. The maximum Gasteiger partial charge on any atom is 0.265 e. The Morgan fingerprint density at radius 3 is 2.93 bits per heavy atom. The quantitative estimate of drug-likeness (QED) is 0.697. The Hall–Kier alpha value is -2.90. The molecule has 28 heavy (non-hydrogen) atoms. The summed E-state index contributed by atoms with van der Waals surface area (Å²) in [6, 6.07) is 12.4. The SMILES string of the molecule is Cc1nc(-c2ccc3c(c2)N(CC(=O)Nc2cccc(Cl)c2)C(=O)CO3)cs1. The predicted octanol–water partition coefficient (Wildman–Crippen LogP) is 4.14. The molecule has 8 heteroatoms. The van der Waals surface area contributed by atoms with E-state index in [1.807, 2.05) is 24.4 Å². The van der Waals surface area contributed by atoms with Crippen LogP contribution in [-0.2, 0) is 9.59 Å². The van der Waals surface area contributed by atoms with Crippen molar-refractivity contribution in [2.24, 2.45) is 0 Å². The Kier molecular flexibility index (Phi) is 5.02. The minimum atomic E-state index is -0.321. The first-order chi connectivity index (χ1) is 13.5. The van der Waals surface area contributed by atoms with E-state index in [4.69, 9.17) is 16.3 Å². The Morgan fingerprint density at radius 1 is 1.32 bits per heavy atom. The summed E-state index contributed by atoms with van der Waals surface area (Å²) in [5, 5.41) is 6.20. The molecule has 1 N–H and O–H groups in total. The molecule has 0 bridgehead atoms. The molecule has 1 aliphatic heterocycles. The van der Waals surface area contributed by atoms with Gasteiger partial charge in [0.25, 0.3) is 5.91 Å². The summed E-state index contributed by atoms with van der Waals surface area (Å²) in [6.45, 7) is 1.71. The Labute approximate surface area is 170 Å². The van der Waals surface area contributed by atoms with Crippen molar-refractivity contribution in [1.29, 1.82) is 0 Å². The number of thiazole rings is 1. The molecule has 0 unspecified atom stereocenters. The van der Waals surface area contributed by atoms with Gasteiger partial charge in [-0.1, -0.05) is 17.7 Å². The van der Waals surface area contributed by atoms with Crippen molar-refractivity contribution in [2.75, 3.05) is 23.4 Å². The maximum atomic E-state index is 12.5. The number of fused-ring (bicyclic) bond motifs is 1. The minimum Gasteiger partial charge on any atom is -0.482 e. The van der Waals surface area contributed by atoms with E-state index in [0.29, 0.717) is 22.1 Å². The number of rotatable bonds is 4. The third-order valence-corrected chi connectivity index (χ3v) is 5.24. The fourth-order valence-corrected chi connectivity index (χ4v) is 3.75. The summed E-state index contributed by atoms with van der Waals surface area (Å²) in [6.07, 6.45) is 0. The topological polar surface area (TPSA) is 71.5 Å². The largest absolute Gasteiger partial charge is 0.482 e. The van der Waals surface area contributed by atoms with Gasteiger partial charge >= 0.3 is 0 Å². The molecule has 6 nitrogen and oxygen atoms in total. The normalized spacial score (nSPS) is 13.1. The number of hydrogen-bond acceptors (Lipinski definition) is 5. The molecule has 0 radical (unpaired) electrons. The van der Waals surface area contributed by atoms with Gasteiger partial charge in [0.1, 0.15) is 12.3 Å². The lowest BCUT2D eigenvalue weighted by Crippen LogP contribution is -2.43. The molecule has 0 atom stereocenters. The molecule has 0 saturated heterocycles. The van der Waals surface area contributed by atoms with Gasteiger partial charge in [-0.25, -0.2) is 4.98 Å². The zero-order valence-corrected chi connectivity index (χ0v) is 16.5. The summed E-state index contributed by atoms with van der Waals surface area (Å²) < 4.78 is 5.52. The zero-order chi connectivity index (χ0) is 19.7. The van der Waals surface area contributed by atoms with Crippen LogP contribution in [0.4, 0.5) is 11.4 Å². The summed E-state index contributed by atoms with van der Waals surface area (Å²) in [7, 11) is 0. The lowest BCUT2D eigenvalue weighted by molar-refractivity contribution is -0.123. The first-order valence-corrected chi connectivity index (χ1v) is 9.80. The third-order valence-electron chi connectivity index (χ3n) is 4.23. The van der Waals surface area contributed by atoms with Crippen molar-refractivity contribution in [2.45, 2.75) is 6.92 Å². The molecule has 1 aliphatic rings. The van der Waals surface area contributed by atoms with Gasteiger partial charge < -0.3 is 10.1 Å². The molecule has 4 rings (SSSR count). The molecule has 2 amide bonds. The second-order valence-corrected chi connectivity index (χ2v) is 7.76. The van der Waals surface area contributed by atoms with Gasteiger partial charge in [0, 0.05) is 21.7 Å². The van der Waals surface area contributed by atoms with Gasteiger partial charge in [0.05, 0.1) is 16.4 Å². The average molecular weight is 414 g/mol. The highest BCUT2D eigenvalue weighted by Gasteiger charge is 2.28. The van der Waals surface area contributed by atoms with E-state index >= 15 is 0 Å². The summed E-state index contributed by atoms with van der Waals surface area (Å²) in [4.78, 5) is 30.9. The molecule has 1 aromatic heterocycles. The lowest BCUT2D eigenvalue weighted by Gasteiger charge is -2.29. The summed E-state index contributed by atoms with van der Waals surface area (Å²) in [5.74, 6) is -0.0374. The van der Waals surface area contributed by atoms with Crippen molar-refractivity contribution in [3.05, 3.63) is 57.9 Å². The standard InChI is InChI=1S/C20H16ClN3O3S/c1-12-22-16(11-28-12)13-5-6-18-17(7-13)24(20(26)10-27-18)9-19(25)23-15-4-2-3-14(21)8-15/h2-8,11H,9-10H2,1H3,(H,23,25). The number of carbonyl (C=O) groups excluding carboxylic acids is 2. The Balaban J connectivity index is 1.59. The highest BCUT2D eigenvalue weighted by molar-refractivity contribution is 7.09. The van der Waals surface area contributed by atoms with Crippen LogP contribution in [0.25, 0.3) is 11.3 Å². The Bertz CT molecular complexity index is 1070. The number of ether oxygens (including phenoxy) is 1. The summed E-state index contributed by atoms with van der Waals surface area (Å²) >= 11 is 7.50. The zero-order valence-electron chi connectivity index (χ0n) is 14.9. The first-order valence-electron chi connectivity index (χ1n) is 8.55. The molecular formula is C20H16ClN3O3S. The third kappa shape index (κ3) is 3.85. The van der Waals surface area contributed by atoms with E-state index in [1.54, 1.807) is 41.7 Å². The number of halogens is 1. The fourth-order valence-electron chi connectivity index (χ4n) is 2.94. The van der Waals surface area contributed by atoms with Crippen molar-refractivity contribution < 1.29 is 14.3 Å². The van der Waals surface area contributed by atoms with E-state index < -0.39 is 0 Å². The van der Waals surface area contributed by atoms with Gasteiger partial charge in [-0.05, 0) is 43.3 Å². The molecule has 0 saturated carbocycles. The highest BCUT2D eigenvalue weighted by Crippen LogP contribution is 2.36. The van der Waals surface area contributed by atoms with Gasteiger partial charge in [-0.3, -0.25) is 14.5 Å². The van der Waals surface area contributed by atoms with Gasteiger partial charge in [0.15, 0.2) is 6.61 Å². The van der Waals surface area contributed by atoms with Gasteiger partial charge in [-0.2, -0.15) is 0 Å². The van der Waals surface area contributed by atoms with Crippen LogP contribution in [0.1, 0.15) is 5.01 Å². The van der Waals surface area contributed by atoms with E-state index in [9.17, 15) is 9.59 Å². The van der Waals surface area contributed by atoms with E-state index in [2.05, 4.69) is 10.3 Å². The van der Waals surface area contributed by atoms with Crippen molar-refractivity contribution in [3.8, 4) is 17.0 Å². The number of benzene rings is 2. The average Bonchev–Trinajstić information content (AvgIpc) is 3.10. The number of anilines is 2. The monoisotopic (exact) mass is 413 g/mol. The molecule has 0 fully saturated rings. The van der Waals surface area contributed by atoms with Crippen LogP contribution >= 0.6 is 22.9 Å². The van der Waals surface area contributed by atoms with Gasteiger partial charge in [0.2, 0.25) is 5.91 Å². The van der Waals surface area contributed by atoms with Crippen LogP contribution in [0.3, 0.4) is 0 Å². The lowest BCUT2D eigenvalue weighted by atomic mass is 10.1. The minimum absolute atomic E-state index is 0.105. The van der Waals surface area contributed by atoms with Crippen molar-refractivity contribution in [3.63, 3.8) is 0 Å². The fraction of sp³-hybridized carbons (Fsp3) is 0.150. The molecule has 142 valence electrons. The second kappa shape index (κ2) is 7.61. The second-order valence-electron chi connectivity index (χ2n) is 6.26. The summed E-state index contributed by atoms with van der Waals surface area (Å²) in [5.41, 5.74) is 2.82.